The monoisotopic (exact) mass is 500 g/mol. The first-order chi connectivity index (χ1) is 16.0. The molecule has 0 aromatic heterocycles. The van der Waals surface area contributed by atoms with Gasteiger partial charge < -0.3 is 37.8 Å². The van der Waals surface area contributed by atoms with Gasteiger partial charge in [0, 0.05) is 0 Å². The van der Waals surface area contributed by atoms with Crippen LogP contribution in [-0.2, 0) is 24.0 Å². The number of nitrogens with one attached hydrogen (secondary N) is 4. The average Bonchev–Trinajstić information content (AvgIpc) is 2.75. The molecular weight excluding hydrogens is 456 g/mol. The SMILES string of the molecule is CC(C)[C@H](N)C(=O)N[C@H](C(=O)N[C@@H](CO)C(=O)N[C@H](C(=O)N[C@H](C(N)=O)C(C)C)C(C)C)C(C)C. The van der Waals surface area contributed by atoms with Crippen LogP contribution in [0.25, 0.3) is 0 Å². The summed E-state index contributed by atoms with van der Waals surface area (Å²) in [6, 6.07) is -5.19. The quantitative estimate of drug-likeness (QED) is 0.148. The Morgan fingerprint density at radius 1 is 0.600 bits per heavy atom. The molecule has 0 saturated carbocycles. The van der Waals surface area contributed by atoms with Gasteiger partial charge in [0.2, 0.25) is 29.5 Å². The van der Waals surface area contributed by atoms with Crippen molar-refractivity contribution >= 4 is 29.5 Å². The van der Waals surface area contributed by atoms with Crippen LogP contribution in [0.15, 0.2) is 0 Å². The zero-order valence-electron chi connectivity index (χ0n) is 22.0. The third kappa shape index (κ3) is 10.2. The van der Waals surface area contributed by atoms with Gasteiger partial charge in [-0.1, -0.05) is 55.4 Å². The van der Waals surface area contributed by atoms with E-state index in [0.29, 0.717) is 0 Å². The normalized spacial score (nSPS) is 15.8. The molecule has 0 aromatic rings. The predicted molar refractivity (Wildman–Crippen MR) is 131 cm³/mol. The number of carbonyl (C=O) groups is 5. The van der Waals surface area contributed by atoms with Gasteiger partial charge in [-0.05, 0) is 23.7 Å². The molecule has 0 aromatic carbocycles. The van der Waals surface area contributed by atoms with Crippen molar-refractivity contribution in [2.24, 2.45) is 35.1 Å². The Morgan fingerprint density at radius 2 is 0.971 bits per heavy atom. The first kappa shape index (κ1) is 32.3. The highest BCUT2D eigenvalue weighted by atomic mass is 16.3. The van der Waals surface area contributed by atoms with E-state index >= 15 is 0 Å². The van der Waals surface area contributed by atoms with Crippen LogP contribution in [-0.4, -0.2) is 71.5 Å². The number of aliphatic hydroxyl groups excluding tert-OH is 1. The molecule has 0 rings (SSSR count). The zero-order valence-corrected chi connectivity index (χ0v) is 22.0. The van der Waals surface area contributed by atoms with E-state index < -0.39 is 66.4 Å². The first-order valence-corrected chi connectivity index (χ1v) is 11.9. The summed E-state index contributed by atoms with van der Waals surface area (Å²) in [5.74, 6) is -4.45. The largest absolute Gasteiger partial charge is 0.394 e. The molecule has 0 unspecified atom stereocenters. The molecule has 5 amide bonds. The van der Waals surface area contributed by atoms with Gasteiger partial charge in [0.1, 0.15) is 24.2 Å². The zero-order chi connectivity index (χ0) is 27.6. The second kappa shape index (κ2) is 14.6. The maximum absolute atomic E-state index is 12.8. The topological polar surface area (TPSA) is 206 Å². The number of hydrogen-bond donors (Lipinski definition) is 7. The summed E-state index contributed by atoms with van der Waals surface area (Å²) in [6.45, 7) is 13.0. The van der Waals surface area contributed by atoms with Crippen LogP contribution in [0.5, 0.6) is 0 Å². The van der Waals surface area contributed by atoms with Gasteiger partial charge in [0.25, 0.3) is 0 Å². The van der Waals surface area contributed by atoms with E-state index in [9.17, 15) is 29.1 Å². The molecular formula is C23H44N6O6. The standard InChI is InChI=1S/C23H44N6O6/c1-10(2)15(24)21(33)29-17(12(5)6)22(34)26-14(9-30)20(32)28-18(13(7)8)23(35)27-16(11(3)4)19(25)31/h10-18,30H,9,24H2,1-8H3,(H2,25,31)(H,26,34)(H,27,35)(H,28,32)(H,29,33)/t14-,15-,16-,17-,18-/m0/s1. The van der Waals surface area contributed by atoms with Crippen molar-refractivity contribution in [2.75, 3.05) is 6.61 Å². The Balaban J connectivity index is 5.46. The highest BCUT2D eigenvalue weighted by Gasteiger charge is 2.33. The van der Waals surface area contributed by atoms with Gasteiger partial charge >= 0.3 is 0 Å². The van der Waals surface area contributed by atoms with Gasteiger partial charge in [0.15, 0.2) is 0 Å². The fourth-order valence-electron chi connectivity index (χ4n) is 3.14. The van der Waals surface area contributed by atoms with Crippen LogP contribution in [0.4, 0.5) is 0 Å². The highest BCUT2D eigenvalue weighted by molar-refractivity contribution is 5.96. The fraction of sp³-hybridized carbons (Fsp3) is 0.783. The van der Waals surface area contributed by atoms with Crippen molar-refractivity contribution in [1.29, 1.82) is 0 Å². The summed E-state index contributed by atoms with van der Waals surface area (Å²) >= 11 is 0. The maximum Gasteiger partial charge on any atom is 0.245 e. The molecule has 0 aliphatic rings. The van der Waals surface area contributed by atoms with Crippen LogP contribution < -0.4 is 32.7 Å². The highest BCUT2D eigenvalue weighted by Crippen LogP contribution is 2.08. The van der Waals surface area contributed by atoms with Crippen molar-refractivity contribution in [2.45, 2.75) is 85.6 Å². The van der Waals surface area contributed by atoms with Crippen LogP contribution in [0.1, 0.15) is 55.4 Å². The number of amides is 5. The summed E-state index contributed by atoms with van der Waals surface area (Å²) in [6.07, 6.45) is 0. The summed E-state index contributed by atoms with van der Waals surface area (Å²) in [5.41, 5.74) is 11.2. The average molecular weight is 501 g/mol. The van der Waals surface area contributed by atoms with Crippen molar-refractivity contribution in [3.8, 4) is 0 Å². The molecule has 0 bridgehead atoms. The molecule has 0 saturated heterocycles. The third-order valence-corrected chi connectivity index (χ3v) is 5.60. The summed E-state index contributed by atoms with van der Waals surface area (Å²) in [7, 11) is 0. The van der Waals surface area contributed by atoms with Crippen molar-refractivity contribution < 1.29 is 29.1 Å². The summed E-state index contributed by atoms with van der Waals surface area (Å²) in [4.78, 5) is 62.4. The fourth-order valence-corrected chi connectivity index (χ4v) is 3.14. The lowest BCUT2D eigenvalue weighted by molar-refractivity contribution is -0.136. The predicted octanol–water partition coefficient (Wildman–Crippen LogP) is -1.65. The second-order valence-electron chi connectivity index (χ2n) is 10.1. The van der Waals surface area contributed by atoms with Gasteiger partial charge in [-0.25, -0.2) is 0 Å². The van der Waals surface area contributed by atoms with Crippen molar-refractivity contribution in [3.05, 3.63) is 0 Å². The Morgan fingerprint density at radius 3 is 1.31 bits per heavy atom. The Bertz CT molecular complexity index is 755. The molecule has 0 fully saturated rings. The van der Waals surface area contributed by atoms with E-state index in [1.54, 1.807) is 55.4 Å². The number of rotatable bonds is 14. The van der Waals surface area contributed by atoms with Gasteiger partial charge in [-0.3, -0.25) is 24.0 Å². The summed E-state index contributed by atoms with van der Waals surface area (Å²) < 4.78 is 0. The minimum absolute atomic E-state index is 0.147. The van der Waals surface area contributed by atoms with E-state index in [4.69, 9.17) is 11.5 Å². The lowest BCUT2D eigenvalue weighted by Crippen LogP contribution is -2.61. The molecule has 12 heteroatoms. The van der Waals surface area contributed by atoms with Gasteiger partial charge in [-0.2, -0.15) is 0 Å². The van der Waals surface area contributed by atoms with E-state index in [1.165, 1.54) is 0 Å². The molecule has 0 aliphatic heterocycles. The molecule has 35 heavy (non-hydrogen) atoms. The smallest absolute Gasteiger partial charge is 0.245 e. The van der Waals surface area contributed by atoms with Crippen LogP contribution in [0.3, 0.4) is 0 Å². The van der Waals surface area contributed by atoms with Crippen molar-refractivity contribution in [1.82, 2.24) is 21.3 Å². The van der Waals surface area contributed by atoms with Crippen LogP contribution in [0.2, 0.25) is 0 Å². The minimum atomic E-state index is -1.38. The van der Waals surface area contributed by atoms with E-state index in [-0.39, 0.29) is 23.7 Å². The van der Waals surface area contributed by atoms with E-state index in [2.05, 4.69) is 21.3 Å². The molecule has 9 N–H and O–H groups in total. The third-order valence-electron chi connectivity index (χ3n) is 5.60. The molecule has 0 radical (unpaired) electrons. The van der Waals surface area contributed by atoms with E-state index in [1.807, 2.05) is 0 Å². The van der Waals surface area contributed by atoms with Crippen LogP contribution in [0, 0.1) is 23.7 Å². The number of primary amides is 1. The maximum atomic E-state index is 12.8. The summed E-state index contributed by atoms with van der Waals surface area (Å²) in [5, 5.41) is 19.8. The lowest BCUT2D eigenvalue weighted by Gasteiger charge is -2.29. The molecule has 202 valence electrons. The van der Waals surface area contributed by atoms with Gasteiger partial charge in [0.05, 0.1) is 12.6 Å². The molecule has 0 heterocycles. The number of aliphatic hydroxyl groups is 1. The first-order valence-electron chi connectivity index (χ1n) is 11.9. The lowest BCUT2D eigenvalue weighted by atomic mass is 9.99. The molecule has 12 nitrogen and oxygen atoms in total. The van der Waals surface area contributed by atoms with Gasteiger partial charge in [-0.15, -0.1) is 0 Å². The van der Waals surface area contributed by atoms with E-state index in [0.717, 1.165) is 0 Å². The minimum Gasteiger partial charge on any atom is -0.394 e. The molecule has 0 spiro atoms. The van der Waals surface area contributed by atoms with Crippen molar-refractivity contribution in [3.63, 3.8) is 0 Å². The molecule has 0 aliphatic carbocycles. The second-order valence-corrected chi connectivity index (χ2v) is 10.1. The number of nitrogens with two attached hydrogens (primary N) is 2. The van der Waals surface area contributed by atoms with Crippen LogP contribution >= 0.6 is 0 Å². The number of carbonyl (C=O) groups excluding carboxylic acids is 5. The Hall–Kier alpha value is -2.73. The Kier molecular flexibility index (Phi) is 13.5. The molecule has 5 atom stereocenters. The number of hydrogen-bond acceptors (Lipinski definition) is 7. The Labute approximate surface area is 207 Å².